The number of hydrogen-bond donors (Lipinski definition) is 2. The van der Waals surface area contributed by atoms with Crippen LogP contribution in [0.3, 0.4) is 0 Å². The maximum atomic E-state index is 5.34. The van der Waals surface area contributed by atoms with E-state index in [1.165, 1.54) is 5.56 Å². The van der Waals surface area contributed by atoms with Gasteiger partial charge in [-0.1, -0.05) is 23.8 Å². The number of methoxy groups -OCH3 is 1. The molecule has 0 aliphatic carbocycles. The summed E-state index contributed by atoms with van der Waals surface area (Å²) >= 11 is 5.31. The standard InChI is InChI=1S/C16H18N2OS/c1-11-4-7-13(8-5-11)17-16(20)18-14-9-6-12(2)10-15(14)19-3/h4-10H,1-3H3,(H2,17,18,20). The van der Waals surface area contributed by atoms with E-state index in [0.29, 0.717) is 5.11 Å². The highest BCUT2D eigenvalue weighted by atomic mass is 32.1. The Kier molecular flexibility index (Phi) is 4.58. The first-order chi connectivity index (χ1) is 9.58. The monoisotopic (exact) mass is 286 g/mol. The predicted molar refractivity (Wildman–Crippen MR) is 88.8 cm³/mol. The lowest BCUT2D eigenvalue weighted by Crippen LogP contribution is -2.19. The number of benzene rings is 2. The Morgan fingerprint density at radius 1 is 0.950 bits per heavy atom. The maximum Gasteiger partial charge on any atom is 0.175 e. The molecule has 2 N–H and O–H groups in total. The highest BCUT2D eigenvalue weighted by molar-refractivity contribution is 7.80. The van der Waals surface area contributed by atoms with Crippen LogP contribution in [0.2, 0.25) is 0 Å². The van der Waals surface area contributed by atoms with Crippen molar-refractivity contribution in [1.82, 2.24) is 0 Å². The molecule has 0 radical (unpaired) electrons. The van der Waals surface area contributed by atoms with Crippen LogP contribution in [0.4, 0.5) is 11.4 Å². The van der Waals surface area contributed by atoms with E-state index in [9.17, 15) is 0 Å². The van der Waals surface area contributed by atoms with Crippen molar-refractivity contribution in [2.75, 3.05) is 17.7 Å². The summed E-state index contributed by atoms with van der Waals surface area (Å²) in [6.45, 7) is 4.08. The minimum atomic E-state index is 0.538. The molecule has 104 valence electrons. The molecule has 0 fully saturated rings. The van der Waals surface area contributed by atoms with Crippen LogP contribution in [0.15, 0.2) is 42.5 Å². The van der Waals surface area contributed by atoms with Gasteiger partial charge in [0.25, 0.3) is 0 Å². The normalized spacial score (nSPS) is 9.95. The number of nitrogens with one attached hydrogen (secondary N) is 2. The second-order valence-electron chi connectivity index (χ2n) is 4.65. The fourth-order valence-electron chi connectivity index (χ4n) is 1.82. The third-order valence-electron chi connectivity index (χ3n) is 2.91. The molecular formula is C16H18N2OS. The highest BCUT2D eigenvalue weighted by Gasteiger charge is 2.05. The number of hydrogen-bond acceptors (Lipinski definition) is 2. The van der Waals surface area contributed by atoms with Crippen molar-refractivity contribution in [2.24, 2.45) is 0 Å². The second kappa shape index (κ2) is 6.39. The number of aryl methyl sites for hydroxylation is 2. The average molecular weight is 286 g/mol. The van der Waals surface area contributed by atoms with Gasteiger partial charge in [0.1, 0.15) is 5.75 Å². The molecule has 0 saturated heterocycles. The molecule has 20 heavy (non-hydrogen) atoms. The van der Waals surface area contributed by atoms with E-state index in [4.69, 9.17) is 17.0 Å². The van der Waals surface area contributed by atoms with E-state index in [0.717, 1.165) is 22.7 Å². The van der Waals surface area contributed by atoms with Gasteiger partial charge >= 0.3 is 0 Å². The fourth-order valence-corrected chi connectivity index (χ4v) is 2.05. The van der Waals surface area contributed by atoms with Crippen LogP contribution in [-0.4, -0.2) is 12.2 Å². The van der Waals surface area contributed by atoms with Gasteiger partial charge in [0.05, 0.1) is 12.8 Å². The quantitative estimate of drug-likeness (QED) is 0.832. The van der Waals surface area contributed by atoms with Gasteiger partial charge in [-0.05, 0) is 55.9 Å². The lowest BCUT2D eigenvalue weighted by atomic mass is 10.2. The van der Waals surface area contributed by atoms with Gasteiger partial charge in [0.15, 0.2) is 5.11 Å². The molecule has 0 spiro atoms. The summed E-state index contributed by atoms with van der Waals surface area (Å²) in [7, 11) is 1.65. The summed E-state index contributed by atoms with van der Waals surface area (Å²) in [4.78, 5) is 0. The van der Waals surface area contributed by atoms with Crippen LogP contribution in [0.25, 0.3) is 0 Å². The van der Waals surface area contributed by atoms with Gasteiger partial charge in [0.2, 0.25) is 0 Å². The van der Waals surface area contributed by atoms with Crippen LogP contribution in [0.5, 0.6) is 5.75 Å². The van der Waals surface area contributed by atoms with Crippen molar-refractivity contribution < 1.29 is 4.74 Å². The first-order valence-electron chi connectivity index (χ1n) is 6.38. The van der Waals surface area contributed by atoms with E-state index in [1.54, 1.807) is 7.11 Å². The number of rotatable bonds is 3. The topological polar surface area (TPSA) is 33.3 Å². The van der Waals surface area contributed by atoms with Crippen molar-refractivity contribution in [1.29, 1.82) is 0 Å². The van der Waals surface area contributed by atoms with Gasteiger partial charge in [-0.3, -0.25) is 0 Å². The minimum Gasteiger partial charge on any atom is -0.495 e. The first-order valence-corrected chi connectivity index (χ1v) is 6.78. The van der Waals surface area contributed by atoms with E-state index in [1.807, 2.05) is 49.4 Å². The molecule has 0 aliphatic heterocycles. The maximum absolute atomic E-state index is 5.34. The Labute approximate surface area is 125 Å². The number of anilines is 2. The Morgan fingerprint density at radius 3 is 2.25 bits per heavy atom. The Bertz CT molecular complexity index is 608. The fraction of sp³-hybridized carbons (Fsp3) is 0.188. The molecule has 0 heterocycles. The zero-order valence-corrected chi connectivity index (χ0v) is 12.7. The molecule has 2 aromatic carbocycles. The largest absolute Gasteiger partial charge is 0.495 e. The predicted octanol–water partition coefficient (Wildman–Crippen LogP) is 4.12. The molecule has 0 amide bonds. The van der Waals surface area contributed by atoms with E-state index in [-0.39, 0.29) is 0 Å². The molecular weight excluding hydrogens is 268 g/mol. The Balaban J connectivity index is 2.06. The van der Waals surface area contributed by atoms with Crippen LogP contribution in [0, 0.1) is 13.8 Å². The molecule has 0 bridgehead atoms. The third kappa shape index (κ3) is 3.71. The zero-order valence-electron chi connectivity index (χ0n) is 11.9. The van der Waals surface area contributed by atoms with Gasteiger partial charge in [-0.25, -0.2) is 0 Å². The lowest BCUT2D eigenvalue weighted by Gasteiger charge is -2.14. The molecule has 4 heteroatoms. The van der Waals surface area contributed by atoms with Crippen molar-refractivity contribution in [3.8, 4) is 5.75 Å². The smallest absolute Gasteiger partial charge is 0.175 e. The summed E-state index contributed by atoms with van der Waals surface area (Å²) < 4.78 is 5.34. The van der Waals surface area contributed by atoms with Crippen LogP contribution >= 0.6 is 12.2 Å². The highest BCUT2D eigenvalue weighted by Crippen LogP contribution is 2.25. The summed E-state index contributed by atoms with van der Waals surface area (Å²) in [6.07, 6.45) is 0. The SMILES string of the molecule is COc1cc(C)ccc1NC(=S)Nc1ccc(C)cc1. The van der Waals surface area contributed by atoms with Crippen molar-refractivity contribution in [2.45, 2.75) is 13.8 Å². The molecule has 0 aliphatic rings. The van der Waals surface area contributed by atoms with Gasteiger partial charge in [0, 0.05) is 5.69 Å². The summed E-state index contributed by atoms with van der Waals surface area (Å²) in [5, 5.41) is 6.83. The van der Waals surface area contributed by atoms with E-state index >= 15 is 0 Å². The molecule has 3 nitrogen and oxygen atoms in total. The minimum absolute atomic E-state index is 0.538. The van der Waals surface area contributed by atoms with Crippen molar-refractivity contribution in [3.63, 3.8) is 0 Å². The van der Waals surface area contributed by atoms with Crippen LogP contribution in [0.1, 0.15) is 11.1 Å². The van der Waals surface area contributed by atoms with Gasteiger partial charge in [-0.2, -0.15) is 0 Å². The zero-order chi connectivity index (χ0) is 14.5. The summed E-state index contributed by atoms with van der Waals surface area (Å²) in [6, 6.07) is 14.0. The molecule has 0 unspecified atom stereocenters. The third-order valence-corrected chi connectivity index (χ3v) is 3.12. The van der Waals surface area contributed by atoms with Crippen molar-refractivity contribution in [3.05, 3.63) is 53.6 Å². The van der Waals surface area contributed by atoms with Crippen molar-refractivity contribution >= 4 is 28.7 Å². The van der Waals surface area contributed by atoms with Crippen LogP contribution in [-0.2, 0) is 0 Å². The second-order valence-corrected chi connectivity index (χ2v) is 5.06. The lowest BCUT2D eigenvalue weighted by molar-refractivity contribution is 0.416. The van der Waals surface area contributed by atoms with Gasteiger partial charge < -0.3 is 15.4 Å². The molecule has 2 rings (SSSR count). The van der Waals surface area contributed by atoms with E-state index in [2.05, 4.69) is 17.6 Å². The summed E-state index contributed by atoms with van der Waals surface area (Å²) in [5.41, 5.74) is 4.17. The number of ether oxygens (including phenoxy) is 1. The summed E-state index contributed by atoms with van der Waals surface area (Å²) in [5.74, 6) is 0.776. The Morgan fingerprint density at radius 2 is 1.60 bits per heavy atom. The number of thiocarbonyl (C=S) groups is 1. The average Bonchev–Trinajstić information content (AvgIpc) is 2.43. The molecule has 0 aromatic heterocycles. The molecule has 2 aromatic rings. The Hall–Kier alpha value is -2.07. The van der Waals surface area contributed by atoms with Crippen LogP contribution < -0.4 is 15.4 Å². The molecule has 0 saturated carbocycles. The first kappa shape index (κ1) is 14.3. The van der Waals surface area contributed by atoms with Gasteiger partial charge in [-0.15, -0.1) is 0 Å². The van der Waals surface area contributed by atoms with E-state index < -0.39 is 0 Å². The molecule has 0 atom stereocenters.